The third-order valence-corrected chi connectivity index (χ3v) is 4.74. The van der Waals surface area contributed by atoms with E-state index >= 15 is 0 Å². The van der Waals surface area contributed by atoms with Gasteiger partial charge in [0.05, 0.1) is 12.0 Å². The van der Waals surface area contributed by atoms with Crippen LogP contribution in [0.2, 0.25) is 0 Å². The Morgan fingerprint density at radius 2 is 1.82 bits per heavy atom. The van der Waals surface area contributed by atoms with Gasteiger partial charge in [0.15, 0.2) is 11.2 Å². The van der Waals surface area contributed by atoms with E-state index in [0.717, 1.165) is 11.1 Å². The quantitative estimate of drug-likeness (QED) is 0.549. The Kier molecular flexibility index (Phi) is 4.43. The molecule has 0 atom stereocenters. The van der Waals surface area contributed by atoms with Crippen molar-refractivity contribution in [2.24, 2.45) is 0 Å². The molecule has 0 spiro atoms. The molecule has 4 rings (SSSR count). The van der Waals surface area contributed by atoms with Crippen LogP contribution in [0.1, 0.15) is 18.1 Å². The number of halogens is 1. The number of benzene rings is 2. The summed E-state index contributed by atoms with van der Waals surface area (Å²) in [5, 5.41) is 0. The maximum atomic E-state index is 13.2. The van der Waals surface area contributed by atoms with Crippen LogP contribution in [0.3, 0.4) is 0 Å². The van der Waals surface area contributed by atoms with Gasteiger partial charge in [-0.1, -0.05) is 24.3 Å². The van der Waals surface area contributed by atoms with Gasteiger partial charge in [0, 0.05) is 13.1 Å². The minimum absolute atomic E-state index is 0.251. The fraction of sp³-hybridized carbons (Fsp3) is 0.190. The molecule has 0 N–H and O–H groups in total. The monoisotopic (exact) mass is 378 g/mol. The molecule has 6 nitrogen and oxygen atoms in total. The third-order valence-electron chi connectivity index (χ3n) is 4.74. The Labute approximate surface area is 160 Å². The molecule has 0 radical (unpaired) electrons. The summed E-state index contributed by atoms with van der Waals surface area (Å²) in [4.78, 5) is 30.3. The van der Waals surface area contributed by atoms with E-state index in [4.69, 9.17) is 0 Å². The Bertz CT molecular complexity index is 1280. The average molecular weight is 378 g/mol. The Morgan fingerprint density at radius 1 is 1.07 bits per heavy atom. The highest BCUT2D eigenvalue weighted by atomic mass is 19.1. The zero-order chi connectivity index (χ0) is 19.8. The first-order valence-corrected chi connectivity index (χ1v) is 9.01. The average Bonchev–Trinajstić information content (AvgIpc) is 3.08. The van der Waals surface area contributed by atoms with Gasteiger partial charge < -0.3 is 4.57 Å². The minimum atomic E-state index is -0.419. The molecule has 2 aromatic carbocycles. The van der Waals surface area contributed by atoms with Crippen LogP contribution < -0.4 is 11.2 Å². The molecular weight excluding hydrogens is 359 g/mol. The number of aryl methyl sites for hydroxylation is 1. The lowest BCUT2D eigenvalue weighted by molar-refractivity contribution is 0.626. The van der Waals surface area contributed by atoms with Crippen LogP contribution in [0.5, 0.6) is 0 Å². The molecule has 0 amide bonds. The molecule has 0 fully saturated rings. The molecule has 2 aromatic heterocycles. The summed E-state index contributed by atoms with van der Waals surface area (Å²) >= 11 is 0. The van der Waals surface area contributed by atoms with E-state index in [1.165, 1.54) is 21.3 Å². The van der Waals surface area contributed by atoms with Crippen molar-refractivity contribution in [1.82, 2.24) is 18.7 Å². The molecular formula is C21H19FN4O2. The summed E-state index contributed by atoms with van der Waals surface area (Å²) in [6, 6.07) is 13.6. The van der Waals surface area contributed by atoms with Crippen molar-refractivity contribution in [3.05, 3.63) is 92.6 Å². The van der Waals surface area contributed by atoms with Gasteiger partial charge in [0.1, 0.15) is 5.82 Å². The van der Waals surface area contributed by atoms with Gasteiger partial charge in [0.2, 0.25) is 0 Å². The van der Waals surface area contributed by atoms with Crippen molar-refractivity contribution in [2.75, 3.05) is 0 Å². The van der Waals surface area contributed by atoms with E-state index in [-0.39, 0.29) is 17.9 Å². The van der Waals surface area contributed by atoms with Crippen molar-refractivity contribution >= 4 is 11.2 Å². The SMILES string of the molecule is CCn1c(=O)c2c(ncn2Cc2ccc(F)cc2)n(-c2cccc(C)c2)c1=O. The predicted molar refractivity (Wildman–Crippen MR) is 106 cm³/mol. The Balaban J connectivity index is 1.98. The topological polar surface area (TPSA) is 61.8 Å². The van der Waals surface area contributed by atoms with Crippen LogP contribution in [-0.4, -0.2) is 18.7 Å². The largest absolute Gasteiger partial charge is 0.337 e. The summed E-state index contributed by atoms with van der Waals surface area (Å²) in [7, 11) is 0. The molecule has 142 valence electrons. The maximum absolute atomic E-state index is 13.2. The molecule has 28 heavy (non-hydrogen) atoms. The Morgan fingerprint density at radius 3 is 2.50 bits per heavy atom. The lowest BCUT2D eigenvalue weighted by Crippen LogP contribution is -2.39. The van der Waals surface area contributed by atoms with Crippen LogP contribution in [-0.2, 0) is 13.1 Å². The van der Waals surface area contributed by atoms with Crippen molar-refractivity contribution in [1.29, 1.82) is 0 Å². The summed E-state index contributed by atoms with van der Waals surface area (Å²) in [5.74, 6) is -0.319. The zero-order valence-corrected chi connectivity index (χ0v) is 15.6. The number of hydrogen-bond acceptors (Lipinski definition) is 3. The second-order valence-electron chi connectivity index (χ2n) is 6.68. The highest BCUT2D eigenvalue weighted by Gasteiger charge is 2.18. The van der Waals surface area contributed by atoms with E-state index in [9.17, 15) is 14.0 Å². The van der Waals surface area contributed by atoms with Crippen molar-refractivity contribution < 1.29 is 4.39 Å². The molecule has 0 aliphatic carbocycles. The summed E-state index contributed by atoms with van der Waals surface area (Å²) < 4.78 is 17.6. The van der Waals surface area contributed by atoms with E-state index in [0.29, 0.717) is 23.4 Å². The standard InChI is InChI=1S/C21H19FN4O2/c1-3-25-20(27)18-19(26(21(25)28)17-6-4-5-14(2)11-17)23-13-24(18)12-15-7-9-16(22)10-8-15/h4-11,13H,3,12H2,1-2H3. The normalized spacial score (nSPS) is 11.2. The Hall–Kier alpha value is -3.48. The second kappa shape index (κ2) is 6.92. The minimum Gasteiger partial charge on any atom is -0.320 e. The zero-order valence-electron chi connectivity index (χ0n) is 15.6. The van der Waals surface area contributed by atoms with Gasteiger partial charge in [-0.15, -0.1) is 0 Å². The molecule has 0 saturated carbocycles. The van der Waals surface area contributed by atoms with Gasteiger partial charge in [0.25, 0.3) is 5.56 Å². The molecule has 0 aliphatic rings. The number of hydrogen-bond donors (Lipinski definition) is 0. The van der Waals surface area contributed by atoms with Gasteiger partial charge in [-0.2, -0.15) is 0 Å². The van der Waals surface area contributed by atoms with Crippen molar-refractivity contribution in [3.63, 3.8) is 0 Å². The van der Waals surface area contributed by atoms with Crippen LogP contribution in [0.4, 0.5) is 4.39 Å². The van der Waals surface area contributed by atoms with Gasteiger partial charge in [-0.05, 0) is 49.2 Å². The number of imidazole rings is 1. The second-order valence-corrected chi connectivity index (χ2v) is 6.68. The van der Waals surface area contributed by atoms with Crippen LogP contribution >= 0.6 is 0 Å². The summed E-state index contributed by atoms with van der Waals surface area (Å²) in [6.07, 6.45) is 1.54. The summed E-state index contributed by atoms with van der Waals surface area (Å²) in [5.41, 5.74) is 2.33. The lowest BCUT2D eigenvalue weighted by atomic mass is 10.2. The maximum Gasteiger partial charge on any atom is 0.337 e. The first-order valence-electron chi connectivity index (χ1n) is 9.01. The molecule has 0 unspecified atom stereocenters. The lowest BCUT2D eigenvalue weighted by Gasteiger charge is -2.12. The molecule has 2 heterocycles. The van der Waals surface area contributed by atoms with E-state index in [1.807, 2.05) is 31.2 Å². The predicted octanol–water partition coefficient (Wildman–Crippen LogP) is 2.86. The third kappa shape index (κ3) is 2.94. The molecule has 0 saturated heterocycles. The van der Waals surface area contributed by atoms with Crippen molar-refractivity contribution in [3.8, 4) is 5.69 Å². The fourth-order valence-corrected chi connectivity index (χ4v) is 3.36. The van der Waals surface area contributed by atoms with Crippen LogP contribution in [0.15, 0.2) is 64.4 Å². The smallest absolute Gasteiger partial charge is 0.320 e. The first kappa shape index (κ1) is 17.9. The number of aromatic nitrogens is 4. The highest BCUT2D eigenvalue weighted by molar-refractivity contribution is 5.72. The number of nitrogens with zero attached hydrogens (tertiary/aromatic N) is 4. The van der Waals surface area contributed by atoms with Gasteiger partial charge in [-0.3, -0.25) is 9.36 Å². The highest BCUT2D eigenvalue weighted by Crippen LogP contribution is 2.16. The first-order chi connectivity index (χ1) is 13.5. The molecule has 7 heteroatoms. The van der Waals surface area contributed by atoms with Crippen LogP contribution in [0, 0.1) is 12.7 Å². The molecule has 0 aliphatic heterocycles. The van der Waals surface area contributed by atoms with Crippen LogP contribution in [0.25, 0.3) is 16.9 Å². The van der Waals surface area contributed by atoms with Crippen molar-refractivity contribution in [2.45, 2.75) is 26.9 Å². The van der Waals surface area contributed by atoms with Gasteiger partial charge in [-0.25, -0.2) is 18.7 Å². The molecule has 0 bridgehead atoms. The van der Waals surface area contributed by atoms with E-state index in [1.54, 1.807) is 30.0 Å². The molecule has 4 aromatic rings. The fourth-order valence-electron chi connectivity index (χ4n) is 3.36. The summed E-state index contributed by atoms with van der Waals surface area (Å²) in [6.45, 7) is 4.30. The van der Waals surface area contributed by atoms with E-state index < -0.39 is 5.69 Å². The number of fused-ring (bicyclic) bond motifs is 1. The van der Waals surface area contributed by atoms with Gasteiger partial charge >= 0.3 is 5.69 Å². The number of rotatable bonds is 4. The van der Waals surface area contributed by atoms with E-state index in [2.05, 4.69) is 4.98 Å².